The third-order valence-corrected chi connectivity index (χ3v) is 4.93. The summed E-state index contributed by atoms with van der Waals surface area (Å²) in [5.41, 5.74) is 6.49. The summed E-state index contributed by atoms with van der Waals surface area (Å²) in [5, 5.41) is 0. The molecule has 0 radical (unpaired) electrons. The quantitative estimate of drug-likeness (QED) is 0.278. The topological polar surface area (TPSA) is 56.0 Å². The van der Waals surface area contributed by atoms with Crippen LogP contribution in [0.2, 0.25) is 0 Å². The van der Waals surface area contributed by atoms with Gasteiger partial charge in [-0.2, -0.15) is 0 Å². The highest BCUT2D eigenvalue weighted by molar-refractivity contribution is 5.81. The molecule has 0 aliphatic rings. The van der Waals surface area contributed by atoms with Crippen molar-refractivity contribution in [3.8, 4) is 0 Å². The fourth-order valence-electron chi connectivity index (χ4n) is 3.30. The molecular weight excluding hydrogens is 320 g/mol. The van der Waals surface area contributed by atoms with Crippen molar-refractivity contribution in [2.75, 3.05) is 0 Å². The molecule has 0 aromatic carbocycles. The van der Waals surface area contributed by atoms with E-state index in [0.717, 1.165) is 24.8 Å². The van der Waals surface area contributed by atoms with Crippen molar-refractivity contribution in [2.24, 2.45) is 5.73 Å². The molecule has 0 aliphatic heterocycles. The zero-order valence-electron chi connectivity index (χ0n) is 16.7. The second-order valence-corrected chi connectivity index (χ2v) is 7.26. The molecule has 146 valence electrons. The van der Waals surface area contributed by atoms with Crippen LogP contribution in [0.1, 0.15) is 102 Å². The lowest BCUT2D eigenvalue weighted by Gasteiger charge is -2.12. The minimum Gasteiger partial charge on any atom is -0.369 e. The Morgan fingerprint density at radius 2 is 1.62 bits per heavy atom. The van der Waals surface area contributed by atoms with E-state index in [-0.39, 0.29) is 11.8 Å². The van der Waals surface area contributed by atoms with Crippen molar-refractivity contribution in [3.05, 3.63) is 42.2 Å². The van der Waals surface area contributed by atoms with Crippen molar-refractivity contribution in [3.63, 3.8) is 0 Å². The van der Waals surface area contributed by atoms with Gasteiger partial charge in [0.05, 0.1) is 5.92 Å². The number of allylic oxidation sites excluding steroid dienone is 2. The van der Waals surface area contributed by atoms with E-state index in [1.165, 1.54) is 64.2 Å². The van der Waals surface area contributed by atoms with Crippen LogP contribution in [0.3, 0.4) is 0 Å². The van der Waals surface area contributed by atoms with Gasteiger partial charge in [0, 0.05) is 12.4 Å². The average Bonchev–Trinajstić information content (AvgIpc) is 2.65. The van der Waals surface area contributed by atoms with Gasteiger partial charge >= 0.3 is 0 Å². The van der Waals surface area contributed by atoms with Gasteiger partial charge in [0.1, 0.15) is 0 Å². The largest absolute Gasteiger partial charge is 0.369 e. The Morgan fingerprint density at radius 3 is 2.19 bits per heavy atom. The number of carbonyl (C=O) groups is 1. The van der Waals surface area contributed by atoms with Crippen LogP contribution in [0.5, 0.6) is 0 Å². The van der Waals surface area contributed by atoms with Gasteiger partial charge in [-0.05, 0) is 43.7 Å². The predicted molar refractivity (Wildman–Crippen MR) is 111 cm³/mol. The minimum atomic E-state index is -0.240. The van der Waals surface area contributed by atoms with Gasteiger partial charge in [-0.1, -0.05) is 76.5 Å². The van der Waals surface area contributed by atoms with Crippen LogP contribution in [0, 0.1) is 0 Å². The summed E-state index contributed by atoms with van der Waals surface area (Å²) < 4.78 is 0. The molecule has 1 amide bonds. The van der Waals surface area contributed by atoms with Gasteiger partial charge in [0.25, 0.3) is 0 Å². The van der Waals surface area contributed by atoms with Gasteiger partial charge in [-0.15, -0.1) is 0 Å². The molecule has 1 aromatic rings. The monoisotopic (exact) mass is 358 g/mol. The second-order valence-electron chi connectivity index (χ2n) is 7.26. The van der Waals surface area contributed by atoms with Crippen molar-refractivity contribution < 1.29 is 4.79 Å². The Hall–Kier alpha value is -1.64. The molecule has 0 aliphatic carbocycles. The molecular formula is C23H38N2O. The lowest BCUT2D eigenvalue weighted by molar-refractivity contribution is -0.119. The van der Waals surface area contributed by atoms with Crippen molar-refractivity contribution in [1.29, 1.82) is 0 Å². The summed E-state index contributed by atoms with van der Waals surface area (Å²) in [6, 6.07) is 3.81. The van der Waals surface area contributed by atoms with Crippen LogP contribution in [0.25, 0.3) is 0 Å². The summed E-state index contributed by atoms with van der Waals surface area (Å²) >= 11 is 0. The highest BCUT2D eigenvalue weighted by Crippen LogP contribution is 2.21. The Bertz CT molecular complexity index is 484. The summed E-state index contributed by atoms with van der Waals surface area (Å²) in [4.78, 5) is 15.7. The average molecular weight is 359 g/mol. The number of hydrogen-bond donors (Lipinski definition) is 1. The number of primary amides is 1. The first-order valence-corrected chi connectivity index (χ1v) is 10.6. The first-order chi connectivity index (χ1) is 12.8. The Morgan fingerprint density at radius 1 is 1.00 bits per heavy atom. The molecule has 3 heteroatoms. The minimum absolute atomic E-state index is 0.194. The van der Waals surface area contributed by atoms with E-state index in [4.69, 9.17) is 5.73 Å². The molecule has 1 unspecified atom stereocenters. The van der Waals surface area contributed by atoms with Crippen LogP contribution >= 0.6 is 0 Å². The summed E-state index contributed by atoms with van der Waals surface area (Å²) in [6.07, 6.45) is 24.3. The van der Waals surface area contributed by atoms with E-state index < -0.39 is 0 Å². The second kappa shape index (κ2) is 15.6. The number of carbonyl (C=O) groups excluding carboxylic acids is 1. The first-order valence-electron chi connectivity index (χ1n) is 10.6. The molecule has 1 aromatic heterocycles. The van der Waals surface area contributed by atoms with Crippen molar-refractivity contribution >= 4 is 5.91 Å². The van der Waals surface area contributed by atoms with Gasteiger partial charge in [-0.25, -0.2) is 0 Å². The maximum Gasteiger partial charge on any atom is 0.225 e. The van der Waals surface area contributed by atoms with E-state index in [1.807, 2.05) is 12.1 Å². The van der Waals surface area contributed by atoms with Gasteiger partial charge in [0.15, 0.2) is 0 Å². The van der Waals surface area contributed by atoms with Crippen LogP contribution in [0.15, 0.2) is 36.7 Å². The van der Waals surface area contributed by atoms with E-state index in [9.17, 15) is 4.79 Å². The van der Waals surface area contributed by atoms with E-state index in [2.05, 4.69) is 24.1 Å². The molecule has 3 nitrogen and oxygen atoms in total. The molecule has 0 bridgehead atoms. The molecule has 0 saturated heterocycles. The summed E-state index contributed by atoms with van der Waals surface area (Å²) in [6.45, 7) is 2.26. The van der Waals surface area contributed by atoms with E-state index in [1.54, 1.807) is 12.4 Å². The zero-order chi connectivity index (χ0) is 18.9. The van der Waals surface area contributed by atoms with Crippen LogP contribution in [-0.4, -0.2) is 10.9 Å². The zero-order valence-corrected chi connectivity index (χ0v) is 16.7. The maximum atomic E-state index is 11.7. The number of unbranched alkanes of at least 4 members (excludes halogenated alkanes) is 10. The third kappa shape index (κ3) is 11.1. The third-order valence-electron chi connectivity index (χ3n) is 4.93. The molecule has 0 saturated carbocycles. The van der Waals surface area contributed by atoms with E-state index in [0.29, 0.717) is 0 Å². The number of pyridine rings is 1. The highest BCUT2D eigenvalue weighted by Gasteiger charge is 2.17. The summed E-state index contributed by atoms with van der Waals surface area (Å²) in [7, 11) is 0. The Kier molecular flexibility index (Phi) is 13.4. The number of aromatic nitrogens is 1. The molecule has 0 fully saturated rings. The first kappa shape index (κ1) is 22.4. The molecule has 1 atom stereocenters. The Balaban J connectivity index is 2.00. The predicted octanol–water partition coefficient (Wildman–Crippen LogP) is 6.30. The maximum absolute atomic E-state index is 11.7. The van der Waals surface area contributed by atoms with Crippen LogP contribution in [-0.2, 0) is 4.79 Å². The van der Waals surface area contributed by atoms with Crippen LogP contribution in [0.4, 0.5) is 0 Å². The molecule has 26 heavy (non-hydrogen) atoms. The van der Waals surface area contributed by atoms with Gasteiger partial charge < -0.3 is 5.73 Å². The smallest absolute Gasteiger partial charge is 0.225 e. The SMILES string of the molecule is CCCCCCCC/C=C\CCCCCCC(C(N)=O)c1cccnc1. The van der Waals surface area contributed by atoms with Crippen molar-refractivity contribution in [2.45, 2.75) is 96.3 Å². The van der Waals surface area contributed by atoms with Crippen LogP contribution < -0.4 is 5.73 Å². The molecule has 2 N–H and O–H groups in total. The number of rotatable bonds is 16. The molecule has 0 spiro atoms. The lowest BCUT2D eigenvalue weighted by Crippen LogP contribution is -2.21. The fourth-order valence-corrected chi connectivity index (χ4v) is 3.30. The fraction of sp³-hybridized carbons (Fsp3) is 0.652. The highest BCUT2D eigenvalue weighted by atomic mass is 16.1. The Labute approximate surface area is 160 Å². The van der Waals surface area contributed by atoms with Gasteiger partial charge in [0.2, 0.25) is 5.91 Å². The molecule has 1 heterocycles. The number of nitrogens with zero attached hydrogens (tertiary/aromatic N) is 1. The lowest BCUT2D eigenvalue weighted by atomic mass is 9.93. The molecule has 1 rings (SSSR count). The number of hydrogen-bond acceptors (Lipinski definition) is 2. The summed E-state index contributed by atoms with van der Waals surface area (Å²) in [5.74, 6) is -0.434. The normalized spacial score (nSPS) is 12.5. The standard InChI is InChI=1S/C23H38N2O/c1-2-3-4-5-6-7-8-9-10-11-12-13-14-15-18-22(23(24)26)21-17-16-19-25-20-21/h9-10,16-17,19-20,22H,2-8,11-15,18H2,1H3,(H2,24,26)/b10-9-. The van der Waals surface area contributed by atoms with E-state index >= 15 is 0 Å². The number of amides is 1. The van der Waals surface area contributed by atoms with Gasteiger partial charge in [-0.3, -0.25) is 9.78 Å². The van der Waals surface area contributed by atoms with Crippen molar-refractivity contribution in [1.82, 2.24) is 4.98 Å². The number of nitrogens with two attached hydrogens (primary N) is 1.